The molecule has 134 heavy (non-hydrogen) atoms. The lowest BCUT2D eigenvalue weighted by Crippen LogP contribution is -2.66. The standard InChI is InChI=1S/C121H129B3N6Si4/c1-76-37-46-84(47-38-76)125-100-64-39-77(2)67-97(100)122-112-94(31-28-34-103(112)128(109-71-78(3)68-106(125)115(109)122)85-48-40-81(41-49-85)118(6,7)8)121(15,95-32-29-35-104-113(95)123-98-74-92(133(22,23)24)62-65-101(98)126(88-54-58-90(59-55-88)131(16,17)18)107-69-79(4)72-110(116(107)123)129(104)86-50-42-82(43-51-86)119(9,10)11)96-33-30-36-105-114(96)124-99-75-93(134(25,26)27)63-66-102(99)127(89-56-60-91(61-57-89)132(19,20)21)108-70-80(5)73-111(117(108)124)130(105)87-52-44-83(45-53-87)120(12,13)14/h28-75H,1-27H3. The molecular weight excluding hydrogens is 1680 g/mol. The summed E-state index contributed by atoms with van der Waals surface area (Å²) >= 11 is 0. The second-order valence-electron chi connectivity index (χ2n) is 47.2. The third kappa shape index (κ3) is 14.3. The van der Waals surface area contributed by atoms with Crippen LogP contribution in [-0.2, 0) is 21.7 Å². The van der Waals surface area contributed by atoms with Crippen LogP contribution in [0.15, 0.2) is 291 Å². The SMILES string of the molecule is Cc1ccc(N2c3ccc(C)cc3B3c4c2cc(C)cc4N(c2ccc(C(C)(C)C)cc2)c2cccc(C(C)(c4cccc5c4B4c6cc([Si](C)(C)C)ccc6N(c6ccc([Si](C)(C)C)cc6)c6cc(C)cc(c64)N5c4ccc(C(C)(C)C)cc4)c4cccc5c4B4c6cc([Si](C)(C)C)ccc6N(c6ccc([Si](C)(C)C)cc6)c6cc(C)cc(c64)N5c4ccc(C(C)(C)C)cc4)c23)cc1. The fraction of sp³-hybridized carbons (Fsp3) is 0.256. The number of hydrogen-bond acceptors (Lipinski definition) is 6. The van der Waals surface area contributed by atoms with E-state index in [2.05, 4.69) is 503 Å². The summed E-state index contributed by atoms with van der Waals surface area (Å²) in [5.41, 5.74) is 45.7. The summed E-state index contributed by atoms with van der Waals surface area (Å²) in [6.45, 7) is 64.8. The van der Waals surface area contributed by atoms with Crippen molar-refractivity contribution in [2.24, 2.45) is 0 Å². The van der Waals surface area contributed by atoms with E-state index in [1.165, 1.54) is 211 Å². The smallest absolute Gasteiger partial charge is 0.252 e. The highest BCUT2D eigenvalue weighted by Gasteiger charge is 2.55. The molecule has 6 aliphatic heterocycles. The minimum absolute atomic E-state index is 0.0868. The first kappa shape index (κ1) is 88.7. The summed E-state index contributed by atoms with van der Waals surface area (Å²) in [7, 11) is -7.65. The summed E-state index contributed by atoms with van der Waals surface area (Å²) in [5.74, 6) is 0. The molecule has 0 spiro atoms. The van der Waals surface area contributed by atoms with Crippen LogP contribution in [0.2, 0.25) is 78.6 Å². The van der Waals surface area contributed by atoms with Gasteiger partial charge in [-0.15, -0.1) is 0 Å². The summed E-state index contributed by atoms with van der Waals surface area (Å²) in [4.78, 5) is 16.1. The fourth-order valence-electron chi connectivity index (χ4n) is 23.3. The molecule has 15 aromatic carbocycles. The highest BCUT2D eigenvalue weighted by Crippen LogP contribution is 2.55. The van der Waals surface area contributed by atoms with Gasteiger partial charge in [0.25, 0.3) is 20.1 Å². The molecule has 0 saturated heterocycles. The number of hydrogen-bond donors (Lipinski definition) is 0. The fourth-order valence-corrected chi connectivity index (χ4v) is 27.9. The minimum atomic E-state index is -2.09. The van der Waals surface area contributed by atoms with Gasteiger partial charge in [0.15, 0.2) is 0 Å². The summed E-state index contributed by atoms with van der Waals surface area (Å²) in [6, 6.07) is 119. The zero-order valence-corrected chi connectivity index (χ0v) is 88.1. The maximum Gasteiger partial charge on any atom is 0.252 e. The minimum Gasteiger partial charge on any atom is -0.311 e. The Morgan fingerprint density at radius 1 is 0.194 bits per heavy atom. The van der Waals surface area contributed by atoms with Crippen molar-refractivity contribution >= 4 is 225 Å². The van der Waals surface area contributed by atoms with Gasteiger partial charge in [0.05, 0.1) is 32.3 Å². The van der Waals surface area contributed by atoms with Gasteiger partial charge in [-0.05, 0) is 303 Å². The second kappa shape index (κ2) is 31.1. The van der Waals surface area contributed by atoms with Crippen molar-refractivity contribution in [2.75, 3.05) is 29.4 Å². The van der Waals surface area contributed by atoms with E-state index in [0.717, 1.165) is 22.7 Å². The molecule has 0 N–H and O–H groups in total. The molecule has 13 heteroatoms. The van der Waals surface area contributed by atoms with Crippen LogP contribution in [0.3, 0.4) is 0 Å². The van der Waals surface area contributed by atoms with E-state index < -0.39 is 37.7 Å². The van der Waals surface area contributed by atoms with E-state index >= 15 is 0 Å². The van der Waals surface area contributed by atoms with Crippen LogP contribution in [0.5, 0.6) is 0 Å². The molecule has 0 saturated carbocycles. The Labute approximate surface area is 804 Å². The Morgan fingerprint density at radius 2 is 0.418 bits per heavy atom. The Kier molecular flexibility index (Phi) is 20.6. The molecule has 668 valence electrons. The van der Waals surface area contributed by atoms with Gasteiger partial charge in [-0.1, -0.05) is 318 Å². The van der Waals surface area contributed by atoms with Crippen molar-refractivity contribution < 1.29 is 0 Å². The quantitative estimate of drug-likeness (QED) is 0.0840. The molecule has 0 aromatic heterocycles. The van der Waals surface area contributed by atoms with Gasteiger partial charge in [-0.25, -0.2) is 0 Å². The number of fused-ring (bicyclic) bond motifs is 12. The van der Waals surface area contributed by atoms with Crippen LogP contribution in [0.1, 0.15) is 130 Å². The van der Waals surface area contributed by atoms with Crippen molar-refractivity contribution in [3.63, 3.8) is 0 Å². The van der Waals surface area contributed by atoms with E-state index in [4.69, 9.17) is 0 Å². The Hall–Kier alpha value is -11.8. The third-order valence-electron chi connectivity index (χ3n) is 30.5. The molecule has 6 nitrogen and oxygen atoms in total. The zero-order chi connectivity index (χ0) is 94.4. The molecule has 21 rings (SSSR count). The normalized spacial score (nSPS) is 14.4. The highest BCUT2D eigenvalue weighted by atomic mass is 28.3. The largest absolute Gasteiger partial charge is 0.311 e. The predicted molar refractivity (Wildman–Crippen MR) is 599 cm³/mol. The van der Waals surface area contributed by atoms with Crippen LogP contribution in [0.4, 0.5) is 102 Å². The van der Waals surface area contributed by atoms with Gasteiger partial charge in [-0.3, -0.25) is 0 Å². The first-order chi connectivity index (χ1) is 63.3. The molecular formula is C121H129B3N6Si4. The summed E-state index contributed by atoms with van der Waals surface area (Å²) in [6.07, 6.45) is 0. The van der Waals surface area contributed by atoms with E-state index in [1.54, 1.807) is 0 Å². The molecule has 0 unspecified atom stereocenters. The molecule has 0 bridgehead atoms. The Balaban J connectivity index is 0.963. The van der Waals surface area contributed by atoms with E-state index in [9.17, 15) is 0 Å². The highest BCUT2D eigenvalue weighted by molar-refractivity contribution is 7.03. The topological polar surface area (TPSA) is 19.4 Å². The number of nitrogens with zero attached hydrogens (tertiary/aromatic N) is 6. The van der Waals surface area contributed by atoms with Crippen molar-refractivity contribution in [1.29, 1.82) is 0 Å². The van der Waals surface area contributed by atoms with Gasteiger partial charge < -0.3 is 29.4 Å². The van der Waals surface area contributed by atoms with Crippen molar-refractivity contribution in [3.05, 3.63) is 352 Å². The number of anilines is 18. The van der Waals surface area contributed by atoms with Gasteiger partial charge in [0.1, 0.15) is 0 Å². The van der Waals surface area contributed by atoms with E-state index in [1.807, 2.05) is 0 Å². The molecule has 0 aliphatic carbocycles. The van der Waals surface area contributed by atoms with Gasteiger partial charge in [-0.2, -0.15) is 0 Å². The molecule has 0 atom stereocenters. The van der Waals surface area contributed by atoms with Crippen LogP contribution >= 0.6 is 0 Å². The van der Waals surface area contributed by atoms with E-state index in [0.29, 0.717) is 0 Å². The van der Waals surface area contributed by atoms with Crippen LogP contribution in [-0.4, -0.2) is 52.4 Å². The lowest BCUT2D eigenvalue weighted by molar-refractivity contribution is 0.590. The van der Waals surface area contributed by atoms with Crippen LogP contribution in [0.25, 0.3) is 0 Å². The second-order valence-corrected chi connectivity index (χ2v) is 67.5. The maximum absolute atomic E-state index is 2.74. The summed E-state index contributed by atoms with van der Waals surface area (Å²) < 4.78 is 0. The molecule has 0 radical (unpaired) electrons. The van der Waals surface area contributed by atoms with Gasteiger partial charge in [0, 0.05) is 108 Å². The number of aryl methyl sites for hydroxylation is 5. The average Bonchev–Trinajstić information content (AvgIpc) is 0.674. The summed E-state index contributed by atoms with van der Waals surface area (Å²) in [5, 5.41) is 5.79. The zero-order valence-electron chi connectivity index (χ0n) is 84.1. The van der Waals surface area contributed by atoms with Gasteiger partial charge in [0.2, 0.25) is 0 Å². The van der Waals surface area contributed by atoms with Crippen LogP contribution in [0, 0.1) is 34.6 Å². The number of rotatable bonds is 13. The Bertz CT molecular complexity index is 6990. The van der Waals surface area contributed by atoms with E-state index in [-0.39, 0.29) is 36.4 Å². The lowest BCUT2D eigenvalue weighted by atomic mass is 9.29. The molecule has 6 aliphatic rings. The maximum atomic E-state index is 2.74. The molecule has 6 heterocycles. The monoisotopic (exact) mass is 1810 g/mol. The van der Waals surface area contributed by atoms with Crippen molar-refractivity contribution in [2.45, 2.75) is 204 Å². The van der Waals surface area contributed by atoms with Crippen molar-refractivity contribution in [3.8, 4) is 0 Å². The first-order valence-corrected chi connectivity index (χ1v) is 63.0. The number of benzene rings is 15. The molecule has 0 fully saturated rings. The molecule has 15 aromatic rings. The van der Waals surface area contributed by atoms with Crippen molar-refractivity contribution in [1.82, 2.24) is 0 Å². The predicted octanol–water partition coefficient (Wildman–Crippen LogP) is 24.9. The Morgan fingerprint density at radius 3 is 0.679 bits per heavy atom. The average molecular weight is 1810 g/mol. The first-order valence-electron chi connectivity index (χ1n) is 49.0. The third-order valence-corrected chi connectivity index (χ3v) is 38.7. The lowest BCUT2D eigenvalue weighted by Gasteiger charge is -2.50. The van der Waals surface area contributed by atoms with Crippen LogP contribution < -0.4 is 99.3 Å². The molecule has 0 amide bonds. The van der Waals surface area contributed by atoms with Gasteiger partial charge >= 0.3 is 0 Å².